The Morgan fingerprint density at radius 1 is 1.42 bits per heavy atom. The third-order valence-electron chi connectivity index (χ3n) is 3.52. The number of hydrogen-bond acceptors (Lipinski definition) is 3. The molecule has 1 fully saturated rings. The van der Waals surface area contributed by atoms with Crippen molar-refractivity contribution in [1.82, 2.24) is 9.80 Å². The van der Waals surface area contributed by atoms with Crippen LogP contribution in [0.3, 0.4) is 0 Å². The Hall–Kier alpha value is -1.36. The molecule has 1 atom stereocenters. The van der Waals surface area contributed by atoms with E-state index in [4.69, 9.17) is 5.11 Å². The predicted octanol–water partition coefficient (Wildman–Crippen LogP) is 1.35. The molecule has 1 saturated heterocycles. The highest BCUT2D eigenvalue weighted by molar-refractivity contribution is 5.79. The highest BCUT2D eigenvalue weighted by atomic mass is 16.4. The fourth-order valence-corrected chi connectivity index (χ4v) is 2.59. The molecule has 1 rings (SSSR count). The first kappa shape index (κ1) is 15.7. The van der Waals surface area contributed by atoms with Crippen molar-refractivity contribution in [2.45, 2.75) is 38.6 Å². The molecule has 0 radical (unpaired) electrons. The molecule has 5 nitrogen and oxygen atoms in total. The Labute approximate surface area is 114 Å². The molecule has 1 heterocycles. The molecule has 1 aliphatic heterocycles. The van der Waals surface area contributed by atoms with Crippen LogP contribution in [0.4, 0.5) is 0 Å². The summed E-state index contributed by atoms with van der Waals surface area (Å²) >= 11 is 0. The Balaban J connectivity index is 2.58. The van der Waals surface area contributed by atoms with Gasteiger partial charge in [0.1, 0.15) is 0 Å². The minimum Gasteiger partial charge on any atom is -0.480 e. The van der Waals surface area contributed by atoms with E-state index in [0.717, 1.165) is 25.8 Å². The molecule has 0 aliphatic carbocycles. The molecule has 19 heavy (non-hydrogen) atoms. The zero-order valence-corrected chi connectivity index (χ0v) is 11.7. The summed E-state index contributed by atoms with van der Waals surface area (Å²) in [5.74, 6) is -0.880. The normalized spacial score (nSPS) is 19.5. The molecule has 1 amide bonds. The highest BCUT2D eigenvalue weighted by Crippen LogP contribution is 2.19. The van der Waals surface area contributed by atoms with Crippen LogP contribution < -0.4 is 0 Å². The van der Waals surface area contributed by atoms with Gasteiger partial charge < -0.3 is 10.0 Å². The lowest BCUT2D eigenvalue weighted by Crippen LogP contribution is -2.48. The van der Waals surface area contributed by atoms with Gasteiger partial charge >= 0.3 is 5.97 Å². The maximum absolute atomic E-state index is 12.3. The number of rotatable bonds is 7. The molecule has 0 saturated carbocycles. The minimum absolute atomic E-state index is 0.0367. The molecular weight excluding hydrogens is 244 g/mol. The van der Waals surface area contributed by atoms with E-state index < -0.39 is 5.97 Å². The van der Waals surface area contributed by atoms with E-state index in [1.54, 1.807) is 11.0 Å². The molecular formula is C14H24N2O3. The van der Waals surface area contributed by atoms with Crippen molar-refractivity contribution in [1.29, 1.82) is 0 Å². The van der Waals surface area contributed by atoms with E-state index in [1.165, 1.54) is 6.42 Å². The van der Waals surface area contributed by atoms with Crippen LogP contribution in [0.5, 0.6) is 0 Å². The molecule has 0 aromatic carbocycles. The Morgan fingerprint density at radius 2 is 2.16 bits per heavy atom. The lowest BCUT2D eigenvalue weighted by Gasteiger charge is -2.36. The van der Waals surface area contributed by atoms with E-state index >= 15 is 0 Å². The van der Waals surface area contributed by atoms with Gasteiger partial charge in [-0.25, -0.2) is 0 Å². The standard InChI is InChI=1S/C14H24N2O3/c1-3-8-15(11-14(18)19)10-13(17)16-9-6-5-7-12(16)4-2/h3,12H,1,4-11H2,2H3,(H,18,19). The first-order valence-corrected chi connectivity index (χ1v) is 6.93. The predicted molar refractivity (Wildman–Crippen MR) is 73.9 cm³/mol. The second kappa shape index (κ2) is 7.94. The summed E-state index contributed by atoms with van der Waals surface area (Å²) in [6.07, 6.45) is 5.87. The number of carboxylic acids is 1. The van der Waals surface area contributed by atoms with Crippen molar-refractivity contribution >= 4 is 11.9 Å². The van der Waals surface area contributed by atoms with Crippen LogP contribution in [0.1, 0.15) is 32.6 Å². The fourth-order valence-electron chi connectivity index (χ4n) is 2.59. The van der Waals surface area contributed by atoms with Gasteiger partial charge in [0.25, 0.3) is 0 Å². The lowest BCUT2D eigenvalue weighted by atomic mass is 10.00. The average Bonchev–Trinajstić information content (AvgIpc) is 2.38. The summed E-state index contributed by atoms with van der Waals surface area (Å²) < 4.78 is 0. The number of piperidine rings is 1. The van der Waals surface area contributed by atoms with Crippen molar-refractivity contribution in [2.75, 3.05) is 26.2 Å². The van der Waals surface area contributed by atoms with E-state index in [1.807, 2.05) is 4.90 Å². The highest BCUT2D eigenvalue weighted by Gasteiger charge is 2.26. The van der Waals surface area contributed by atoms with Gasteiger partial charge in [-0.3, -0.25) is 14.5 Å². The van der Waals surface area contributed by atoms with Gasteiger partial charge in [-0.2, -0.15) is 0 Å². The number of amides is 1. The maximum Gasteiger partial charge on any atom is 0.317 e. The van der Waals surface area contributed by atoms with Gasteiger partial charge in [0, 0.05) is 19.1 Å². The van der Waals surface area contributed by atoms with Gasteiger partial charge in [0.15, 0.2) is 0 Å². The molecule has 1 N–H and O–H groups in total. The first-order chi connectivity index (χ1) is 9.08. The van der Waals surface area contributed by atoms with Crippen molar-refractivity contribution < 1.29 is 14.7 Å². The Kier molecular flexibility index (Phi) is 6.56. The summed E-state index contributed by atoms with van der Waals surface area (Å²) in [5, 5.41) is 8.83. The summed E-state index contributed by atoms with van der Waals surface area (Å²) in [6.45, 7) is 6.95. The van der Waals surface area contributed by atoms with Crippen LogP contribution in [0.15, 0.2) is 12.7 Å². The van der Waals surface area contributed by atoms with Gasteiger partial charge in [-0.15, -0.1) is 6.58 Å². The number of nitrogens with zero attached hydrogens (tertiary/aromatic N) is 2. The van der Waals surface area contributed by atoms with Crippen LogP contribution in [0.2, 0.25) is 0 Å². The molecule has 0 aromatic heterocycles. The largest absolute Gasteiger partial charge is 0.480 e. The smallest absolute Gasteiger partial charge is 0.317 e. The monoisotopic (exact) mass is 268 g/mol. The van der Waals surface area contributed by atoms with E-state index in [-0.39, 0.29) is 19.0 Å². The van der Waals surface area contributed by atoms with Gasteiger partial charge in [0.2, 0.25) is 5.91 Å². The van der Waals surface area contributed by atoms with E-state index in [0.29, 0.717) is 12.6 Å². The number of carbonyl (C=O) groups excluding carboxylic acids is 1. The second-order valence-electron chi connectivity index (χ2n) is 5.00. The number of carboxylic acid groups (broad SMARTS) is 1. The van der Waals surface area contributed by atoms with Gasteiger partial charge in [0.05, 0.1) is 13.1 Å². The lowest BCUT2D eigenvalue weighted by molar-refractivity contribution is -0.140. The quantitative estimate of drug-likeness (QED) is 0.708. The average molecular weight is 268 g/mol. The van der Waals surface area contributed by atoms with Crippen molar-refractivity contribution in [3.05, 3.63) is 12.7 Å². The molecule has 5 heteroatoms. The molecule has 0 spiro atoms. The zero-order chi connectivity index (χ0) is 14.3. The molecule has 1 aliphatic rings. The van der Waals surface area contributed by atoms with E-state index in [2.05, 4.69) is 13.5 Å². The Bertz CT molecular complexity index is 331. The van der Waals surface area contributed by atoms with Crippen LogP contribution >= 0.6 is 0 Å². The molecule has 0 aromatic rings. The second-order valence-corrected chi connectivity index (χ2v) is 5.00. The number of aliphatic carboxylic acids is 1. The van der Waals surface area contributed by atoms with Crippen LogP contribution in [0.25, 0.3) is 0 Å². The minimum atomic E-state index is -0.916. The summed E-state index contributed by atoms with van der Waals surface area (Å²) in [5.41, 5.74) is 0. The van der Waals surface area contributed by atoms with Crippen molar-refractivity contribution in [2.24, 2.45) is 0 Å². The molecule has 0 bridgehead atoms. The number of carbonyl (C=O) groups is 2. The number of likely N-dealkylation sites (tertiary alicyclic amines) is 1. The third-order valence-corrected chi connectivity index (χ3v) is 3.52. The SMILES string of the molecule is C=CCN(CC(=O)O)CC(=O)N1CCCCC1CC. The van der Waals surface area contributed by atoms with Crippen molar-refractivity contribution in [3.63, 3.8) is 0 Å². The molecule has 1 unspecified atom stereocenters. The number of hydrogen-bond donors (Lipinski definition) is 1. The third kappa shape index (κ3) is 5.03. The fraction of sp³-hybridized carbons (Fsp3) is 0.714. The summed E-state index contributed by atoms with van der Waals surface area (Å²) in [6, 6.07) is 0.316. The van der Waals surface area contributed by atoms with Crippen molar-refractivity contribution in [3.8, 4) is 0 Å². The summed E-state index contributed by atoms with van der Waals surface area (Å²) in [7, 11) is 0. The topological polar surface area (TPSA) is 60.9 Å². The van der Waals surface area contributed by atoms with Gasteiger partial charge in [-0.1, -0.05) is 13.0 Å². The van der Waals surface area contributed by atoms with Crippen LogP contribution in [-0.4, -0.2) is 59.0 Å². The zero-order valence-electron chi connectivity index (χ0n) is 11.7. The van der Waals surface area contributed by atoms with Crippen LogP contribution in [0, 0.1) is 0 Å². The first-order valence-electron chi connectivity index (χ1n) is 6.93. The van der Waals surface area contributed by atoms with Crippen LogP contribution in [-0.2, 0) is 9.59 Å². The Morgan fingerprint density at radius 3 is 2.74 bits per heavy atom. The summed E-state index contributed by atoms with van der Waals surface area (Å²) in [4.78, 5) is 26.6. The van der Waals surface area contributed by atoms with E-state index in [9.17, 15) is 9.59 Å². The molecule has 108 valence electrons. The maximum atomic E-state index is 12.3. The van der Waals surface area contributed by atoms with Gasteiger partial charge in [-0.05, 0) is 25.7 Å².